The molecule has 0 bridgehead atoms. The van der Waals surface area contributed by atoms with E-state index < -0.39 is 21.9 Å². The maximum atomic E-state index is 12.6. The van der Waals surface area contributed by atoms with Crippen LogP contribution in [0.2, 0.25) is 5.02 Å². The van der Waals surface area contributed by atoms with E-state index in [1.165, 1.54) is 49.6 Å². The zero-order valence-electron chi connectivity index (χ0n) is 15.8. The minimum Gasteiger partial charge on any atom is -0.465 e. The Balaban J connectivity index is 1.80. The molecule has 9 heteroatoms. The van der Waals surface area contributed by atoms with Crippen LogP contribution in [0, 0.1) is 0 Å². The summed E-state index contributed by atoms with van der Waals surface area (Å²) in [5.74, 6) is -1.06. The van der Waals surface area contributed by atoms with Gasteiger partial charge in [-0.15, -0.1) is 0 Å². The molecular formula is C21H17ClN2O5S. The zero-order valence-corrected chi connectivity index (χ0v) is 17.3. The lowest BCUT2D eigenvalue weighted by Crippen LogP contribution is -2.16. The zero-order chi connectivity index (χ0) is 21.7. The van der Waals surface area contributed by atoms with Crippen molar-refractivity contribution in [3.8, 4) is 0 Å². The molecule has 3 rings (SSSR count). The van der Waals surface area contributed by atoms with Gasteiger partial charge in [0.05, 0.1) is 17.6 Å². The number of ether oxygens (including phenoxy) is 1. The number of anilines is 2. The number of carbonyl (C=O) groups is 2. The second kappa shape index (κ2) is 8.98. The topological polar surface area (TPSA) is 102 Å². The Hall–Kier alpha value is -3.36. The lowest BCUT2D eigenvalue weighted by atomic mass is 10.1. The van der Waals surface area contributed by atoms with Gasteiger partial charge in [0, 0.05) is 22.0 Å². The minimum atomic E-state index is -3.91. The van der Waals surface area contributed by atoms with Crippen LogP contribution in [0.25, 0.3) is 0 Å². The molecule has 3 aromatic rings. The van der Waals surface area contributed by atoms with Crippen LogP contribution in [-0.4, -0.2) is 27.4 Å². The van der Waals surface area contributed by atoms with Crippen molar-refractivity contribution in [2.24, 2.45) is 0 Å². The number of esters is 1. The lowest BCUT2D eigenvalue weighted by Gasteiger charge is -2.10. The van der Waals surface area contributed by atoms with Gasteiger partial charge in [-0.3, -0.25) is 9.52 Å². The summed E-state index contributed by atoms with van der Waals surface area (Å²) in [6, 6.07) is 18.0. The molecule has 0 aliphatic rings. The highest BCUT2D eigenvalue weighted by Gasteiger charge is 2.17. The van der Waals surface area contributed by atoms with Gasteiger partial charge in [-0.25, -0.2) is 13.2 Å². The van der Waals surface area contributed by atoms with E-state index in [0.717, 1.165) is 0 Å². The van der Waals surface area contributed by atoms with Crippen molar-refractivity contribution in [2.45, 2.75) is 4.90 Å². The van der Waals surface area contributed by atoms with Crippen LogP contribution >= 0.6 is 11.6 Å². The Kier molecular flexibility index (Phi) is 6.39. The predicted octanol–water partition coefficient (Wildman–Crippen LogP) is 4.18. The first-order valence-electron chi connectivity index (χ1n) is 8.67. The number of rotatable bonds is 6. The van der Waals surface area contributed by atoms with Gasteiger partial charge in [0.25, 0.3) is 15.9 Å². The molecule has 0 unspecified atom stereocenters. The summed E-state index contributed by atoms with van der Waals surface area (Å²) in [7, 11) is -2.65. The molecule has 0 fully saturated rings. The van der Waals surface area contributed by atoms with E-state index in [2.05, 4.69) is 14.8 Å². The van der Waals surface area contributed by atoms with Gasteiger partial charge < -0.3 is 10.1 Å². The van der Waals surface area contributed by atoms with Crippen LogP contribution in [0.4, 0.5) is 11.4 Å². The van der Waals surface area contributed by atoms with E-state index in [4.69, 9.17) is 11.6 Å². The van der Waals surface area contributed by atoms with Gasteiger partial charge in [0.2, 0.25) is 0 Å². The van der Waals surface area contributed by atoms with Gasteiger partial charge in [-0.2, -0.15) is 0 Å². The number of sulfonamides is 1. The fourth-order valence-electron chi connectivity index (χ4n) is 2.58. The highest BCUT2D eigenvalue weighted by molar-refractivity contribution is 7.92. The average molecular weight is 445 g/mol. The summed E-state index contributed by atoms with van der Waals surface area (Å²) >= 11 is 5.81. The second-order valence-electron chi connectivity index (χ2n) is 6.17. The number of hydrogen-bond acceptors (Lipinski definition) is 5. The van der Waals surface area contributed by atoms with Crippen molar-refractivity contribution in [2.75, 3.05) is 17.1 Å². The van der Waals surface area contributed by atoms with E-state index in [0.29, 0.717) is 16.4 Å². The van der Waals surface area contributed by atoms with Gasteiger partial charge >= 0.3 is 5.97 Å². The van der Waals surface area contributed by atoms with Crippen LogP contribution < -0.4 is 10.0 Å². The molecule has 1 amide bonds. The fraction of sp³-hybridized carbons (Fsp3) is 0.0476. The molecule has 0 saturated carbocycles. The van der Waals surface area contributed by atoms with Crippen molar-refractivity contribution in [1.82, 2.24) is 0 Å². The molecule has 0 heterocycles. The van der Waals surface area contributed by atoms with E-state index in [1.54, 1.807) is 30.3 Å². The predicted molar refractivity (Wildman–Crippen MR) is 114 cm³/mol. The van der Waals surface area contributed by atoms with Crippen molar-refractivity contribution in [1.29, 1.82) is 0 Å². The largest absolute Gasteiger partial charge is 0.465 e. The molecule has 2 N–H and O–H groups in total. The van der Waals surface area contributed by atoms with Crippen molar-refractivity contribution in [3.05, 3.63) is 88.9 Å². The maximum absolute atomic E-state index is 12.6. The molecule has 0 aliphatic heterocycles. The minimum absolute atomic E-state index is 0.0755. The van der Waals surface area contributed by atoms with E-state index in [-0.39, 0.29) is 16.0 Å². The monoisotopic (exact) mass is 444 g/mol. The molecule has 154 valence electrons. The summed E-state index contributed by atoms with van der Waals surface area (Å²) < 4.78 is 32.4. The van der Waals surface area contributed by atoms with Crippen LogP contribution in [0.1, 0.15) is 20.7 Å². The maximum Gasteiger partial charge on any atom is 0.337 e. The summed E-state index contributed by atoms with van der Waals surface area (Å²) in [4.78, 5) is 24.1. The van der Waals surface area contributed by atoms with E-state index in [9.17, 15) is 18.0 Å². The Morgan fingerprint density at radius 1 is 0.867 bits per heavy atom. The summed E-state index contributed by atoms with van der Waals surface area (Å²) in [5.41, 5.74) is 1.13. The first kappa shape index (κ1) is 21.4. The summed E-state index contributed by atoms with van der Waals surface area (Å²) in [5, 5.41) is 3.12. The van der Waals surface area contributed by atoms with Gasteiger partial charge in [0.15, 0.2) is 0 Å². The molecule has 0 aromatic heterocycles. The number of benzene rings is 3. The Morgan fingerprint density at radius 2 is 1.53 bits per heavy atom. The van der Waals surface area contributed by atoms with Gasteiger partial charge in [-0.1, -0.05) is 23.7 Å². The second-order valence-corrected chi connectivity index (χ2v) is 8.29. The molecule has 7 nitrogen and oxygen atoms in total. The summed E-state index contributed by atoms with van der Waals surface area (Å²) in [6.07, 6.45) is 0. The number of nitrogens with one attached hydrogen (secondary N) is 2. The van der Waals surface area contributed by atoms with E-state index in [1.807, 2.05) is 0 Å². The molecule has 30 heavy (non-hydrogen) atoms. The third kappa shape index (κ3) is 5.16. The molecule has 0 saturated heterocycles. The highest BCUT2D eigenvalue weighted by Crippen LogP contribution is 2.20. The van der Waals surface area contributed by atoms with Crippen LogP contribution in [0.3, 0.4) is 0 Å². The third-order valence-corrected chi connectivity index (χ3v) is 5.68. The van der Waals surface area contributed by atoms with Crippen molar-refractivity contribution in [3.63, 3.8) is 0 Å². The standard InChI is InChI=1S/C21H17ClN2O5S/c1-29-21(26)15-5-2-6-18(12-15)23-20(25)14-4-3-7-19(13-14)30(27,28)24-17-10-8-16(22)9-11-17/h2-13,24H,1H3,(H,23,25). The number of amides is 1. The van der Waals surface area contributed by atoms with Gasteiger partial charge in [0.1, 0.15) is 0 Å². The molecule has 0 aliphatic carbocycles. The smallest absolute Gasteiger partial charge is 0.337 e. The highest BCUT2D eigenvalue weighted by atomic mass is 35.5. The fourth-order valence-corrected chi connectivity index (χ4v) is 3.81. The Labute approximate surface area is 178 Å². The van der Waals surface area contributed by atoms with Crippen molar-refractivity contribution < 1.29 is 22.7 Å². The molecular weight excluding hydrogens is 428 g/mol. The number of halogens is 1. The molecule has 0 atom stereocenters. The summed E-state index contributed by atoms with van der Waals surface area (Å²) in [6.45, 7) is 0. The van der Waals surface area contributed by atoms with Crippen molar-refractivity contribution >= 4 is 44.9 Å². The van der Waals surface area contributed by atoms with E-state index >= 15 is 0 Å². The first-order valence-corrected chi connectivity index (χ1v) is 10.5. The quantitative estimate of drug-likeness (QED) is 0.555. The van der Waals surface area contributed by atoms with Crippen LogP contribution in [0.5, 0.6) is 0 Å². The molecule has 0 radical (unpaired) electrons. The Bertz CT molecular complexity index is 1190. The normalized spacial score (nSPS) is 10.9. The van der Waals surface area contributed by atoms with Gasteiger partial charge in [-0.05, 0) is 60.7 Å². The van der Waals surface area contributed by atoms with Crippen LogP contribution in [-0.2, 0) is 14.8 Å². The molecule has 0 spiro atoms. The Morgan fingerprint density at radius 3 is 2.23 bits per heavy atom. The number of methoxy groups -OCH3 is 1. The third-order valence-electron chi connectivity index (χ3n) is 4.04. The SMILES string of the molecule is COC(=O)c1cccc(NC(=O)c2cccc(S(=O)(=O)Nc3ccc(Cl)cc3)c2)c1. The average Bonchev–Trinajstić information content (AvgIpc) is 2.75. The first-order chi connectivity index (χ1) is 14.3. The van der Waals surface area contributed by atoms with Crippen LogP contribution in [0.15, 0.2) is 77.7 Å². The lowest BCUT2D eigenvalue weighted by molar-refractivity contribution is 0.0600. The number of carbonyl (C=O) groups excluding carboxylic acids is 2. The molecule has 3 aromatic carbocycles. The number of hydrogen-bond donors (Lipinski definition) is 2.